The molecule has 0 unspecified atom stereocenters. The molecule has 4 nitrogen and oxygen atoms in total. The van der Waals surface area contributed by atoms with Crippen molar-refractivity contribution in [3.8, 4) is 11.5 Å². The molecule has 1 aliphatic heterocycles. The fraction of sp³-hybridized carbons (Fsp3) is 0.167. The molecule has 0 saturated heterocycles. The quantitative estimate of drug-likeness (QED) is 0.738. The zero-order chi connectivity index (χ0) is 15.6. The summed E-state index contributed by atoms with van der Waals surface area (Å²) in [7, 11) is 0. The highest BCUT2D eigenvalue weighted by atomic mass is 35.5. The number of benzene rings is 2. The standard InChI is InChI=1S/C18H15ClN2O2/c19-18-14(10-20-9-12-4-2-1-3-5-12)6-13-7-16-17(23-11-22-16)8-15(13)21-18/h1-8,20H,9-11H2. The van der Waals surface area contributed by atoms with E-state index in [4.69, 9.17) is 21.1 Å². The number of fused-ring (bicyclic) bond motifs is 2. The van der Waals surface area contributed by atoms with Crippen molar-refractivity contribution in [1.82, 2.24) is 10.3 Å². The normalized spacial score (nSPS) is 12.7. The van der Waals surface area contributed by atoms with Crippen LogP contribution in [0, 0.1) is 0 Å². The largest absolute Gasteiger partial charge is 0.454 e. The molecule has 116 valence electrons. The van der Waals surface area contributed by atoms with Crippen LogP contribution in [0.2, 0.25) is 5.15 Å². The molecule has 0 atom stereocenters. The number of hydrogen-bond acceptors (Lipinski definition) is 4. The Labute approximate surface area is 139 Å². The Kier molecular flexibility index (Phi) is 3.77. The monoisotopic (exact) mass is 326 g/mol. The number of rotatable bonds is 4. The average Bonchev–Trinajstić information content (AvgIpc) is 3.01. The van der Waals surface area contributed by atoms with Crippen molar-refractivity contribution in [3.63, 3.8) is 0 Å². The van der Waals surface area contributed by atoms with Gasteiger partial charge < -0.3 is 14.8 Å². The number of pyridine rings is 1. The van der Waals surface area contributed by atoms with Gasteiger partial charge in [-0.3, -0.25) is 0 Å². The lowest BCUT2D eigenvalue weighted by atomic mass is 10.1. The summed E-state index contributed by atoms with van der Waals surface area (Å²) in [6.45, 7) is 1.70. The van der Waals surface area contributed by atoms with E-state index >= 15 is 0 Å². The summed E-state index contributed by atoms with van der Waals surface area (Å²) in [6, 6.07) is 16.1. The van der Waals surface area contributed by atoms with Gasteiger partial charge in [-0.1, -0.05) is 41.9 Å². The van der Waals surface area contributed by atoms with E-state index in [0.717, 1.165) is 34.5 Å². The van der Waals surface area contributed by atoms with Crippen LogP contribution in [-0.2, 0) is 13.1 Å². The van der Waals surface area contributed by atoms with Crippen LogP contribution >= 0.6 is 11.6 Å². The molecule has 2 heterocycles. The lowest BCUT2D eigenvalue weighted by molar-refractivity contribution is 0.174. The van der Waals surface area contributed by atoms with Gasteiger partial charge in [-0.2, -0.15) is 0 Å². The molecule has 1 aliphatic rings. The molecular formula is C18H15ClN2O2. The number of halogens is 1. The van der Waals surface area contributed by atoms with Gasteiger partial charge in [0.25, 0.3) is 0 Å². The maximum Gasteiger partial charge on any atom is 0.231 e. The van der Waals surface area contributed by atoms with Gasteiger partial charge in [-0.15, -0.1) is 0 Å². The van der Waals surface area contributed by atoms with Crippen LogP contribution in [0.15, 0.2) is 48.5 Å². The average molecular weight is 327 g/mol. The Morgan fingerprint density at radius 1 is 1.00 bits per heavy atom. The van der Waals surface area contributed by atoms with Gasteiger partial charge >= 0.3 is 0 Å². The van der Waals surface area contributed by atoms with Crippen molar-refractivity contribution < 1.29 is 9.47 Å². The lowest BCUT2D eigenvalue weighted by Gasteiger charge is -2.09. The Hall–Kier alpha value is -2.30. The van der Waals surface area contributed by atoms with Gasteiger partial charge in [-0.05, 0) is 17.7 Å². The van der Waals surface area contributed by atoms with Gasteiger partial charge in [-0.25, -0.2) is 4.98 Å². The van der Waals surface area contributed by atoms with E-state index in [2.05, 4.69) is 22.4 Å². The van der Waals surface area contributed by atoms with Gasteiger partial charge in [0.15, 0.2) is 11.5 Å². The first-order chi connectivity index (χ1) is 11.3. The van der Waals surface area contributed by atoms with Gasteiger partial charge in [0.2, 0.25) is 6.79 Å². The second kappa shape index (κ2) is 6.07. The maximum atomic E-state index is 6.31. The molecule has 0 fully saturated rings. The minimum Gasteiger partial charge on any atom is -0.454 e. The number of ether oxygens (including phenoxy) is 2. The Morgan fingerprint density at radius 3 is 2.61 bits per heavy atom. The molecule has 0 aliphatic carbocycles. The van der Waals surface area contributed by atoms with Crippen molar-refractivity contribution >= 4 is 22.5 Å². The minimum atomic E-state index is 0.255. The number of hydrogen-bond donors (Lipinski definition) is 1. The Morgan fingerprint density at radius 2 is 1.78 bits per heavy atom. The Bertz CT molecular complexity index is 853. The van der Waals surface area contributed by atoms with Gasteiger partial charge in [0.05, 0.1) is 5.52 Å². The van der Waals surface area contributed by atoms with E-state index in [1.807, 2.05) is 36.4 Å². The zero-order valence-corrected chi connectivity index (χ0v) is 13.1. The first-order valence-electron chi connectivity index (χ1n) is 7.43. The van der Waals surface area contributed by atoms with E-state index in [1.54, 1.807) is 0 Å². The predicted molar refractivity (Wildman–Crippen MR) is 89.9 cm³/mol. The van der Waals surface area contributed by atoms with Crippen molar-refractivity contribution in [2.24, 2.45) is 0 Å². The summed E-state index contributed by atoms with van der Waals surface area (Å²) in [5, 5.41) is 4.90. The molecular weight excluding hydrogens is 312 g/mol. The predicted octanol–water partition coefficient (Wildman–Crippen LogP) is 3.91. The summed E-state index contributed by atoms with van der Waals surface area (Å²) in [5.41, 5.74) is 3.01. The third kappa shape index (κ3) is 2.96. The van der Waals surface area contributed by atoms with E-state index in [9.17, 15) is 0 Å². The second-order valence-electron chi connectivity index (χ2n) is 5.43. The summed E-state index contributed by atoms with van der Waals surface area (Å²) in [6.07, 6.45) is 0. The number of nitrogens with zero attached hydrogens (tertiary/aromatic N) is 1. The molecule has 0 bridgehead atoms. The van der Waals surface area contributed by atoms with Crippen molar-refractivity contribution in [2.45, 2.75) is 13.1 Å². The minimum absolute atomic E-state index is 0.255. The van der Waals surface area contributed by atoms with Crippen molar-refractivity contribution in [2.75, 3.05) is 6.79 Å². The molecule has 0 radical (unpaired) electrons. The molecule has 0 saturated carbocycles. The first-order valence-corrected chi connectivity index (χ1v) is 7.81. The zero-order valence-electron chi connectivity index (χ0n) is 12.4. The summed E-state index contributed by atoms with van der Waals surface area (Å²) < 4.78 is 10.8. The molecule has 3 aromatic rings. The first kappa shape index (κ1) is 14.3. The highest BCUT2D eigenvalue weighted by Crippen LogP contribution is 2.36. The van der Waals surface area contributed by atoms with E-state index in [0.29, 0.717) is 11.7 Å². The molecule has 23 heavy (non-hydrogen) atoms. The fourth-order valence-corrected chi connectivity index (χ4v) is 2.86. The van der Waals surface area contributed by atoms with Crippen LogP contribution in [0.1, 0.15) is 11.1 Å². The summed E-state index contributed by atoms with van der Waals surface area (Å²) in [4.78, 5) is 4.47. The molecule has 0 amide bonds. The molecule has 0 spiro atoms. The SMILES string of the molecule is Clc1nc2cc3c(cc2cc1CNCc1ccccc1)OCO3. The maximum absolute atomic E-state index is 6.31. The van der Waals surface area contributed by atoms with E-state index in [1.165, 1.54) is 5.56 Å². The molecule has 2 aromatic carbocycles. The van der Waals surface area contributed by atoms with Crippen molar-refractivity contribution in [1.29, 1.82) is 0 Å². The topological polar surface area (TPSA) is 43.4 Å². The number of nitrogens with one attached hydrogen (secondary N) is 1. The highest BCUT2D eigenvalue weighted by Gasteiger charge is 2.15. The van der Waals surface area contributed by atoms with Crippen LogP contribution < -0.4 is 14.8 Å². The van der Waals surface area contributed by atoms with Crippen LogP contribution in [-0.4, -0.2) is 11.8 Å². The second-order valence-corrected chi connectivity index (χ2v) is 5.78. The fourth-order valence-electron chi connectivity index (χ4n) is 2.65. The van der Waals surface area contributed by atoms with Crippen LogP contribution in [0.25, 0.3) is 10.9 Å². The van der Waals surface area contributed by atoms with Crippen molar-refractivity contribution in [3.05, 3.63) is 64.8 Å². The van der Waals surface area contributed by atoms with Gasteiger partial charge in [0.1, 0.15) is 5.15 Å². The molecule has 1 aromatic heterocycles. The van der Waals surface area contributed by atoms with Gasteiger partial charge in [0, 0.05) is 30.1 Å². The van der Waals surface area contributed by atoms with E-state index in [-0.39, 0.29) is 6.79 Å². The van der Waals surface area contributed by atoms with Crippen LogP contribution in [0.4, 0.5) is 0 Å². The third-order valence-corrected chi connectivity index (χ3v) is 4.15. The molecule has 1 N–H and O–H groups in total. The van der Waals surface area contributed by atoms with Crippen LogP contribution in [0.3, 0.4) is 0 Å². The molecule has 4 rings (SSSR count). The summed E-state index contributed by atoms with van der Waals surface area (Å²) >= 11 is 6.31. The highest BCUT2D eigenvalue weighted by molar-refractivity contribution is 6.30. The molecule has 5 heteroatoms. The lowest BCUT2D eigenvalue weighted by Crippen LogP contribution is -2.13. The van der Waals surface area contributed by atoms with Crippen LogP contribution in [0.5, 0.6) is 11.5 Å². The number of aromatic nitrogens is 1. The summed E-state index contributed by atoms with van der Waals surface area (Å²) in [5.74, 6) is 1.47. The van der Waals surface area contributed by atoms with E-state index < -0.39 is 0 Å². The smallest absolute Gasteiger partial charge is 0.231 e. The third-order valence-electron chi connectivity index (χ3n) is 3.82. The Balaban J connectivity index is 1.55.